The molecule has 2 unspecified atom stereocenters. The first-order chi connectivity index (χ1) is 6.77. The standard InChI is InChI=1S/C10H17NO3/c1-8-2-3-9(14-8)10(12)11-4-6-13-7-5-11/h8-9H,2-7H2,1H3. The highest BCUT2D eigenvalue weighted by molar-refractivity contribution is 5.81. The second-order valence-electron chi connectivity index (χ2n) is 3.95. The van der Waals surface area contributed by atoms with Gasteiger partial charge in [-0.15, -0.1) is 0 Å². The summed E-state index contributed by atoms with van der Waals surface area (Å²) in [4.78, 5) is 13.7. The van der Waals surface area contributed by atoms with Crippen molar-refractivity contribution in [2.45, 2.75) is 32.0 Å². The maximum atomic E-state index is 11.9. The van der Waals surface area contributed by atoms with E-state index in [9.17, 15) is 4.79 Å². The van der Waals surface area contributed by atoms with E-state index in [-0.39, 0.29) is 18.1 Å². The first-order valence-corrected chi connectivity index (χ1v) is 5.29. The van der Waals surface area contributed by atoms with Gasteiger partial charge in [0.2, 0.25) is 0 Å². The van der Waals surface area contributed by atoms with Crippen LogP contribution in [0.4, 0.5) is 0 Å². The number of ether oxygens (including phenoxy) is 2. The van der Waals surface area contributed by atoms with Crippen LogP contribution < -0.4 is 0 Å². The molecule has 2 atom stereocenters. The van der Waals surface area contributed by atoms with Crippen LogP contribution in [0.25, 0.3) is 0 Å². The van der Waals surface area contributed by atoms with Crippen LogP contribution in [-0.4, -0.2) is 49.3 Å². The molecule has 0 spiro atoms. The van der Waals surface area contributed by atoms with Crippen molar-refractivity contribution in [2.24, 2.45) is 0 Å². The molecule has 0 aliphatic carbocycles. The van der Waals surface area contributed by atoms with Crippen LogP contribution in [0.15, 0.2) is 0 Å². The van der Waals surface area contributed by atoms with Gasteiger partial charge in [-0.05, 0) is 19.8 Å². The number of carbonyl (C=O) groups excluding carboxylic acids is 1. The maximum absolute atomic E-state index is 11.9. The Morgan fingerprint density at radius 2 is 2.00 bits per heavy atom. The highest BCUT2D eigenvalue weighted by Gasteiger charge is 2.31. The molecule has 0 N–H and O–H groups in total. The van der Waals surface area contributed by atoms with Gasteiger partial charge in [-0.1, -0.05) is 0 Å². The van der Waals surface area contributed by atoms with E-state index in [1.807, 2.05) is 11.8 Å². The van der Waals surface area contributed by atoms with E-state index in [0.717, 1.165) is 12.8 Å². The molecule has 1 amide bonds. The number of hydrogen-bond donors (Lipinski definition) is 0. The van der Waals surface area contributed by atoms with Crippen molar-refractivity contribution >= 4 is 5.91 Å². The van der Waals surface area contributed by atoms with Crippen LogP contribution in [0.3, 0.4) is 0 Å². The third kappa shape index (κ3) is 2.07. The average molecular weight is 199 g/mol. The third-order valence-corrected chi connectivity index (χ3v) is 2.83. The second kappa shape index (κ2) is 4.28. The lowest BCUT2D eigenvalue weighted by atomic mass is 10.2. The second-order valence-corrected chi connectivity index (χ2v) is 3.95. The molecule has 0 radical (unpaired) electrons. The zero-order valence-corrected chi connectivity index (χ0v) is 8.57. The number of morpholine rings is 1. The van der Waals surface area contributed by atoms with E-state index >= 15 is 0 Å². The molecule has 80 valence electrons. The molecule has 2 saturated heterocycles. The zero-order chi connectivity index (χ0) is 9.97. The minimum Gasteiger partial charge on any atom is -0.378 e. The fraction of sp³-hybridized carbons (Fsp3) is 0.900. The number of nitrogens with zero attached hydrogens (tertiary/aromatic N) is 1. The van der Waals surface area contributed by atoms with Crippen molar-refractivity contribution in [2.75, 3.05) is 26.3 Å². The van der Waals surface area contributed by atoms with Gasteiger partial charge < -0.3 is 14.4 Å². The summed E-state index contributed by atoms with van der Waals surface area (Å²) in [6.07, 6.45) is 1.92. The minimum atomic E-state index is -0.192. The molecule has 4 heteroatoms. The van der Waals surface area contributed by atoms with E-state index in [4.69, 9.17) is 9.47 Å². The molecule has 0 bridgehead atoms. The Morgan fingerprint density at radius 1 is 1.29 bits per heavy atom. The van der Waals surface area contributed by atoms with Gasteiger partial charge in [0.1, 0.15) is 6.10 Å². The number of carbonyl (C=O) groups is 1. The Balaban J connectivity index is 1.87. The molecule has 0 aromatic rings. The Hall–Kier alpha value is -0.610. The lowest BCUT2D eigenvalue weighted by Crippen LogP contribution is -2.45. The highest BCUT2D eigenvalue weighted by Crippen LogP contribution is 2.21. The Morgan fingerprint density at radius 3 is 2.57 bits per heavy atom. The van der Waals surface area contributed by atoms with E-state index < -0.39 is 0 Å². The Labute approximate surface area is 84.2 Å². The largest absolute Gasteiger partial charge is 0.378 e. The highest BCUT2D eigenvalue weighted by atomic mass is 16.5. The quantitative estimate of drug-likeness (QED) is 0.614. The summed E-state index contributed by atoms with van der Waals surface area (Å²) < 4.78 is 10.7. The molecule has 4 nitrogen and oxygen atoms in total. The molecule has 2 aliphatic rings. The molecular formula is C10H17NO3. The van der Waals surface area contributed by atoms with E-state index in [1.54, 1.807) is 0 Å². The van der Waals surface area contributed by atoms with Crippen LogP contribution in [0.1, 0.15) is 19.8 Å². The van der Waals surface area contributed by atoms with Crippen molar-refractivity contribution in [3.63, 3.8) is 0 Å². The van der Waals surface area contributed by atoms with Crippen LogP contribution in [-0.2, 0) is 14.3 Å². The van der Waals surface area contributed by atoms with Gasteiger partial charge >= 0.3 is 0 Å². The average Bonchev–Trinajstić information content (AvgIpc) is 2.65. The van der Waals surface area contributed by atoms with Gasteiger partial charge in [0.15, 0.2) is 0 Å². The fourth-order valence-corrected chi connectivity index (χ4v) is 1.97. The van der Waals surface area contributed by atoms with Crippen LogP contribution >= 0.6 is 0 Å². The molecule has 0 aromatic heterocycles. The SMILES string of the molecule is CC1CCC(C(=O)N2CCOCC2)O1. The van der Waals surface area contributed by atoms with E-state index in [2.05, 4.69) is 0 Å². The number of hydrogen-bond acceptors (Lipinski definition) is 3. The van der Waals surface area contributed by atoms with Crippen LogP contribution in [0.2, 0.25) is 0 Å². The molecule has 0 aromatic carbocycles. The van der Waals surface area contributed by atoms with Crippen molar-refractivity contribution < 1.29 is 14.3 Å². The molecule has 2 heterocycles. The first-order valence-electron chi connectivity index (χ1n) is 5.29. The summed E-state index contributed by atoms with van der Waals surface area (Å²) in [5.41, 5.74) is 0. The molecule has 14 heavy (non-hydrogen) atoms. The van der Waals surface area contributed by atoms with Crippen molar-refractivity contribution in [3.8, 4) is 0 Å². The number of rotatable bonds is 1. The number of amides is 1. The van der Waals surface area contributed by atoms with Gasteiger partial charge in [-0.25, -0.2) is 0 Å². The molecule has 2 aliphatic heterocycles. The van der Waals surface area contributed by atoms with E-state index in [1.165, 1.54) is 0 Å². The predicted molar refractivity (Wildman–Crippen MR) is 51.0 cm³/mol. The third-order valence-electron chi connectivity index (χ3n) is 2.83. The van der Waals surface area contributed by atoms with Gasteiger partial charge in [0, 0.05) is 13.1 Å². The van der Waals surface area contributed by atoms with Gasteiger partial charge in [-0.2, -0.15) is 0 Å². The van der Waals surface area contributed by atoms with Crippen molar-refractivity contribution in [1.82, 2.24) is 4.90 Å². The Bertz CT molecular complexity index is 207. The molecule has 2 fully saturated rings. The predicted octanol–water partition coefficient (Wildman–Crippen LogP) is 0.413. The smallest absolute Gasteiger partial charge is 0.251 e. The van der Waals surface area contributed by atoms with Gasteiger partial charge in [0.05, 0.1) is 19.3 Å². The van der Waals surface area contributed by atoms with Gasteiger partial charge in [-0.3, -0.25) is 4.79 Å². The van der Waals surface area contributed by atoms with Crippen LogP contribution in [0.5, 0.6) is 0 Å². The lowest BCUT2D eigenvalue weighted by Gasteiger charge is -2.28. The molecule has 2 rings (SSSR count). The summed E-state index contributed by atoms with van der Waals surface area (Å²) in [6, 6.07) is 0. The lowest BCUT2D eigenvalue weighted by molar-refractivity contribution is -0.146. The summed E-state index contributed by atoms with van der Waals surface area (Å²) in [7, 11) is 0. The summed E-state index contributed by atoms with van der Waals surface area (Å²) >= 11 is 0. The Kier molecular flexibility index (Phi) is 3.03. The maximum Gasteiger partial charge on any atom is 0.251 e. The first kappa shape index (κ1) is 9.93. The van der Waals surface area contributed by atoms with E-state index in [0.29, 0.717) is 26.3 Å². The topological polar surface area (TPSA) is 38.8 Å². The normalized spacial score (nSPS) is 33.4. The van der Waals surface area contributed by atoms with Crippen molar-refractivity contribution in [3.05, 3.63) is 0 Å². The molecular weight excluding hydrogens is 182 g/mol. The summed E-state index contributed by atoms with van der Waals surface area (Å²) in [5.74, 6) is 0.151. The summed E-state index contributed by atoms with van der Waals surface area (Å²) in [5, 5.41) is 0. The van der Waals surface area contributed by atoms with Gasteiger partial charge in [0.25, 0.3) is 5.91 Å². The van der Waals surface area contributed by atoms with Crippen molar-refractivity contribution in [1.29, 1.82) is 0 Å². The fourth-order valence-electron chi connectivity index (χ4n) is 1.97. The van der Waals surface area contributed by atoms with Crippen LogP contribution in [0, 0.1) is 0 Å². The zero-order valence-electron chi connectivity index (χ0n) is 8.57. The monoisotopic (exact) mass is 199 g/mol. The minimum absolute atomic E-state index is 0.151. The summed E-state index contributed by atoms with van der Waals surface area (Å²) in [6.45, 7) is 4.77. The molecule has 0 saturated carbocycles.